The van der Waals surface area contributed by atoms with Crippen LogP contribution in [0, 0.1) is 6.92 Å². The monoisotopic (exact) mass is 403 g/mol. The standard InChI is InChI=1S/C20H21NO6S/c1-14-3-5-15(6-4-14)18(22)11-12-20(24)27-13-19(23)16-7-9-17(10-8-16)21-28(2,25)26/h3-10,21H,11-13H2,1-2H3. The van der Waals surface area contributed by atoms with Crippen molar-refractivity contribution in [1.82, 2.24) is 0 Å². The van der Waals surface area contributed by atoms with Crippen molar-refractivity contribution < 1.29 is 27.5 Å². The van der Waals surface area contributed by atoms with Crippen LogP contribution >= 0.6 is 0 Å². The number of sulfonamides is 1. The second-order valence-corrected chi connectivity index (χ2v) is 8.07. The van der Waals surface area contributed by atoms with Gasteiger partial charge in [0.2, 0.25) is 10.0 Å². The molecule has 1 N–H and O–H groups in total. The van der Waals surface area contributed by atoms with E-state index in [0.717, 1.165) is 11.8 Å². The van der Waals surface area contributed by atoms with Gasteiger partial charge in [0.1, 0.15) is 0 Å². The van der Waals surface area contributed by atoms with Gasteiger partial charge in [0.25, 0.3) is 0 Å². The van der Waals surface area contributed by atoms with Crippen molar-refractivity contribution in [3.8, 4) is 0 Å². The minimum absolute atomic E-state index is 0.00193. The average molecular weight is 403 g/mol. The molecule has 0 atom stereocenters. The summed E-state index contributed by atoms with van der Waals surface area (Å²) in [6, 6.07) is 12.8. The van der Waals surface area contributed by atoms with Gasteiger partial charge in [-0.15, -0.1) is 0 Å². The summed E-state index contributed by atoms with van der Waals surface area (Å²) in [6.07, 6.45) is 0.911. The van der Waals surface area contributed by atoms with E-state index in [9.17, 15) is 22.8 Å². The zero-order chi connectivity index (χ0) is 20.7. The van der Waals surface area contributed by atoms with Crippen LogP contribution in [0.1, 0.15) is 39.1 Å². The first-order valence-corrected chi connectivity index (χ1v) is 10.4. The zero-order valence-corrected chi connectivity index (χ0v) is 16.4. The number of ether oxygens (including phenoxy) is 1. The quantitative estimate of drug-likeness (QED) is 0.510. The fourth-order valence-electron chi connectivity index (χ4n) is 2.34. The molecular weight excluding hydrogens is 382 g/mol. The van der Waals surface area contributed by atoms with Crippen LogP contribution in [0.25, 0.3) is 0 Å². The average Bonchev–Trinajstić information content (AvgIpc) is 2.64. The van der Waals surface area contributed by atoms with E-state index in [0.29, 0.717) is 11.3 Å². The van der Waals surface area contributed by atoms with Crippen LogP contribution in [0.15, 0.2) is 48.5 Å². The summed E-state index contributed by atoms with van der Waals surface area (Å²) in [5.41, 5.74) is 2.17. The van der Waals surface area contributed by atoms with Crippen LogP contribution in [-0.2, 0) is 19.6 Å². The number of nitrogens with one attached hydrogen (secondary N) is 1. The highest BCUT2D eigenvalue weighted by Gasteiger charge is 2.13. The second-order valence-electron chi connectivity index (χ2n) is 6.32. The van der Waals surface area contributed by atoms with Gasteiger partial charge in [0.05, 0.1) is 12.7 Å². The summed E-state index contributed by atoms with van der Waals surface area (Å²) in [5.74, 6) is -1.23. The van der Waals surface area contributed by atoms with Crippen LogP contribution in [-0.4, -0.2) is 38.8 Å². The number of hydrogen-bond donors (Lipinski definition) is 1. The van der Waals surface area contributed by atoms with E-state index < -0.39 is 28.4 Å². The van der Waals surface area contributed by atoms with E-state index >= 15 is 0 Å². The maximum Gasteiger partial charge on any atom is 0.306 e. The van der Waals surface area contributed by atoms with Crippen molar-refractivity contribution in [3.63, 3.8) is 0 Å². The molecule has 0 bridgehead atoms. The van der Waals surface area contributed by atoms with Gasteiger partial charge in [-0.25, -0.2) is 8.42 Å². The molecule has 0 spiro atoms. The lowest BCUT2D eigenvalue weighted by Gasteiger charge is -2.06. The Morgan fingerprint density at radius 3 is 1.96 bits per heavy atom. The summed E-state index contributed by atoms with van der Waals surface area (Å²) in [6.45, 7) is 1.47. The van der Waals surface area contributed by atoms with Crippen LogP contribution in [0.3, 0.4) is 0 Å². The van der Waals surface area contributed by atoms with E-state index in [2.05, 4.69) is 4.72 Å². The number of aryl methyl sites for hydroxylation is 1. The Kier molecular flexibility index (Phi) is 7.06. The number of anilines is 1. The molecule has 0 heterocycles. The van der Waals surface area contributed by atoms with Crippen LogP contribution in [0.4, 0.5) is 5.69 Å². The molecule has 0 unspecified atom stereocenters. The molecule has 28 heavy (non-hydrogen) atoms. The Balaban J connectivity index is 1.79. The molecule has 0 aliphatic carbocycles. The number of hydrogen-bond acceptors (Lipinski definition) is 6. The number of rotatable bonds is 9. The van der Waals surface area contributed by atoms with Crippen molar-refractivity contribution >= 4 is 33.2 Å². The molecule has 0 fully saturated rings. The summed E-state index contributed by atoms with van der Waals surface area (Å²) in [5, 5.41) is 0. The molecule has 2 aromatic rings. The molecule has 0 aromatic heterocycles. The first-order chi connectivity index (χ1) is 13.1. The minimum atomic E-state index is -3.40. The fraction of sp³-hybridized carbons (Fsp3) is 0.250. The number of Topliss-reactive ketones (excluding diaryl/α,β-unsaturated/α-hetero) is 2. The maximum atomic E-state index is 12.1. The zero-order valence-electron chi connectivity index (χ0n) is 15.6. The Morgan fingerprint density at radius 1 is 0.857 bits per heavy atom. The van der Waals surface area contributed by atoms with Gasteiger partial charge in [-0.1, -0.05) is 29.8 Å². The molecule has 0 radical (unpaired) electrons. The molecular formula is C20H21NO6S. The topological polar surface area (TPSA) is 107 Å². The van der Waals surface area contributed by atoms with E-state index in [1.54, 1.807) is 12.1 Å². The largest absolute Gasteiger partial charge is 0.457 e. The summed E-state index contributed by atoms with van der Waals surface area (Å²) < 4.78 is 29.5. The number of benzene rings is 2. The predicted octanol–water partition coefficient (Wildman–Crippen LogP) is 2.76. The lowest BCUT2D eigenvalue weighted by molar-refractivity contribution is -0.142. The molecule has 2 rings (SSSR count). The molecule has 7 nitrogen and oxygen atoms in total. The minimum Gasteiger partial charge on any atom is -0.457 e. The molecule has 0 saturated heterocycles. The van der Waals surface area contributed by atoms with Crippen molar-refractivity contribution in [2.75, 3.05) is 17.6 Å². The van der Waals surface area contributed by atoms with Crippen LogP contribution in [0.5, 0.6) is 0 Å². The van der Waals surface area contributed by atoms with Gasteiger partial charge in [0.15, 0.2) is 18.2 Å². The lowest BCUT2D eigenvalue weighted by Crippen LogP contribution is -2.15. The number of carbonyl (C=O) groups excluding carboxylic acids is 3. The van der Waals surface area contributed by atoms with E-state index in [1.807, 2.05) is 19.1 Å². The molecule has 8 heteroatoms. The van der Waals surface area contributed by atoms with E-state index in [-0.39, 0.29) is 24.2 Å². The van der Waals surface area contributed by atoms with Gasteiger partial charge >= 0.3 is 5.97 Å². The Bertz CT molecular complexity index is 963. The van der Waals surface area contributed by atoms with Crippen molar-refractivity contribution in [1.29, 1.82) is 0 Å². The number of esters is 1. The third-order valence-corrected chi connectivity index (χ3v) is 4.41. The first-order valence-electron chi connectivity index (χ1n) is 8.50. The highest BCUT2D eigenvalue weighted by Crippen LogP contribution is 2.12. The SMILES string of the molecule is Cc1ccc(C(=O)CCC(=O)OCC(=O)c2ccc(NS(C)(=O)=O)cc2)cc1. The molecule has 0 saturated carbocycles. The number of carbonyl (C=O) groups is 3. The Morgan fingerprint density at radius 2 is 1.39 bits per heavy atom. The molecule has 0 amide bonds. The van der Waals surface area contributed by atoms with Gasteiger partial charge in [-0.3, -0.25) is 19.1 Å². The smallest absolute Gasteiger partial charge is 0.306 e. The highest BCUT2D eigenvalue weighted by molar-refractivity contribution is 7.92. The Hall–Kier alpha value is -3.00. The van der Waals surface area contributed by atoms with Crippen molar-refractivity contribution in [2.24, 2.45) is 0 Å². The molecule has 0 aliphatic heterocycles. The normalized spacial score (nSPS) is 10.9. The van der Waals surface area contributed by atoms with Gasteiger partial charge in [-0.05, 0) is 31.2 Å². The fourth-order valence-corrected chi connectivity index (χ4v) is 2.90. The predicted molar refractivity (Wildman–Crippen MR) is 105 cm³/mol. The highest BCUT2D eigenvalue weighted by atomic mass is 32.2. The van der Waals surface area contributed by atoms with E-state index in [4.69, 9.17) is 4.74 Å². The summed E-state index contributed by atoms with van der Waals surface area (Å²) in [7, 11) is -3.40. The first kappa shape index (κ1) is 21.3. The maximum absolute atomic E-state index is 12.1. The summed E-state index contributed by atoms with van der Waals surface area (Å²) in [4.78, 5) is 35.9. The molecule has 148 valence electrons. The van der Waals surface area contributed by atoms with Crippen molar-refractivity contribution in [3.05, 3.63) is 65.2 Å². The molecule has 0 aliphatic rings. The van der Waals surface area contributed by atoms with Crippen molar-refractivity contribution in [2.45, 2.75) is 19.8 Å². The van der Waals surface area contributed by atoms with Crippen LogP contribution in [0.2, 0.25) is 0 Å². The van der Waals surface area contributed by atoms with Gasteiger partial charge in [-0.2, -0.15) is 0 Å². The van der Waals surface area contributed by atoms with E-state index in [1.165, 1.54) is 24.3 Å². The molecule has 2 aromatic carbocycles. The number of ketones is 2. The Labute approximate surface area is 163 Å². The summed E-state index contributed by atoms with van der Waals surface area (Å²) >= 11 is 0. The third kappa shape index (κ3) is 6.96. The second kappa shape index (κ2) is 9.27. The lowest BCUT2D eigenvalue weighted by atomic mass is 10.1. The third-order valence-electron chi connectivity index (χ3n) is 3.80. The van der Waals surface area contributed by atoms with Crippen LogP contribution < -0.4 is 4.72 Å². The van der Waals surface area contributed by atoms with Gasteiger partial charge < -0.3 is 4.74 Å². The van der Waals surface area contributed by atoms with Gasteiger partial charge in [0, 0.05) is 23.2 Å².